The van der Waals surface area contributed by atoms with Gasteiger partial charge in [0.1, 0.15) is 19.2 Å². The molecule has 0 atom stereocenters. The van der Waals surface area contributed by atoms with E-state index in [1.807, 2.05) is 0 Å². The van der Waals surface area contributed by atoms with Gasteiger partial charge >= 0.3 is 0 Å². The average Bonchev–Trinajstić information content (AvgIpc) is 3.07. The van der Waals surface area contributed by atoms with Gasteiger partial charge in [-0.3, -0.25) is 4.79 Å². The van der Waals surface area contributed by atoms with Gasteiger partial charge in [-0.2, -0.15) is 5.10 Å². The second-order valence-electron chi connectivity index (χ2n) is 4.82. The summed E-state index contributed by atoms with van der Waals surface area (Å²) < 4.78 is 6.78. The van der Waals surface area contributed by atoms with Crippen molar-refractivity contribution in [1.29, 1.82) is 0 Å². The Morgan fingerprint density at radius 2 is 2.23 bits per heavy atom. The molecule has 2 aromatic heterocycles. The normalized spacial score (nSPS) is 14.8. The molecule has 0 radical (unpaired) electrons. The molecule has 3 rings (SSSR count). The molecule has 1 aliphatic rings. The Morgan fingerprint density at radius 3 is 3.00 bits per heavy atom. The molecule has 1 fully saturated rings. The number of nitrogens with one attached hydrogen (secondary N) is 1. The van der Waals surface area contributed by atoms with E-state index in [0.29, 0.717) is 25.7 Å². The predicted octanol–water partition coefficient (Wildman–Crippen LogP) is -0.779. The Hall–Kier alpha value is -2.55. The standard InChI is InChI=1S/C13H17N7O2/c21-12(8-20-10-14-9-17-20)16-7-11-1-2-15-13(18-11)19-3-5-22-6-4-19/h1-2,9-10H,3-8H2,(H,16,21). The minimum Gasteiger partial charge on any atom is -0.378 e. The number of carbonyl (C=O) groups is 1. The van der Waals surface area contributed by atoms with Crippen LogP contribution in [0.5, 0.6) is 0 Å². The fraction of sp³-hybridized carbons (Fsp3) is 0.462. The maximum Gasteiger partial charge on any atom is 0.242 e. The SMILES string of the molecule is O=C(Cn1cncn1)NCc1ccnc(N2CCOCC2)n1. The lowest BCUT2D eigenvalue weighted by Crippen LogP contribution is -2.37. The third-order valence-corrected chi connectivity index (χ3v) is 3.23. The Kier molecular flexibility index (Phi) is 4.54. The van der Waals surface area contributed by atoms with Gasteiger partial charge in [-0.15, -0.1) is 0 Å². The van der Waals surface area contributed by atoms with E-state index in [2.05, 4.69) is 30.3 Å². The van der Waals surface area contributed by atoms with E-state index < -0.39 is 0 Å². The number of hydrogen-bond donors (Lipinski definition) is 1. The summed E-state index contributed by atoms with van der Waals surface area (Å²) in [5, 5.41) is 6.69. The van der Waals surface area contributed by atoms with Gasteiger partial charge in [0.15, 0.2) is 0 Å². The minimum absolute atomic E-state index is 0.140. The molecular formula is C13H17N7O2. The molecule has 0 aromatic carbocycles. The zero-order valence-corrected chi connectivity index (χ0v) is 12.1. The second-order valence-corrected chi connectivity index (χ2v) is 4.82. The highest BCUT2D eigenvalue weighted by Crippen LogP contribution is 2.09. The summed E-state index contributed by atoms with van der Waals surface area (Å²) in [6.45, 7) is 3.42. The first kappa shape index (κ1) is 14.4. The highest BCUT2D eigenvalue weighted by Gasteiger charge is 2.14. The molecule has 9 nitrogen and oxygen atoms in total. The van der Waals surface area contributed by atoms with Crippen molar-refractivity contribution in [3.05, 3.63) is 30.6 Å². The second kappa shape index (κ2) is 6.94. The fourth-order valence-electron chi connectivity index (χ4n) is 2.11. The van der Waals surface area contributed by atoms with Crippen LogP contribution in [0.15, 0.2) is 24.9 Å². The Morgan fingerprint density at radius 1 is 1.36 bits per heavy atom. The summed E-state index contributed by atoms with van der Waals surface area (Å²) >= 11 is 0. The van der Waals surface area contributed by atoms with Crippen LogP contribution in [-0.4, -0.2) is 56.9 Å². The smallest absolute Gasteiger partial charge is 0.242 e. The lowest BCUT2D eigenvalue weighted by molar-refractivity contribution is -0.122. The zero-order valence-electron chi connectivity index (χ0n) is 12.1. The third kappa shape index (κ3) is 3.76. The fourth-order valence-corrected chi connectivity index (χ4v) is 2.11. The lowest BCUT2D eigenvalue weighted by Gasteiger charge is -2.26. The van der Waals surface area contributed by atoms with Crippen LogP contribution >= 0.6 is 0 Å². The lowest BCUT2D eigenvalue weighted by atomic mass is 10.4. The number of carbonyl (C=O) groups excluding carboxylic acids is 1. The van der Waals surface area contributed by atoms with Crippen LogP contribution in [0.3, 0.4) is 0 Å². The minimum atomic E-state index is -0.142. The summed E-state index contributed by atoms with van der Waals surface area (Å²) in [6.07, 6.45) is 4.60. The average molecular weight is 303 g/mol. The summed E-state index contributed by atoms with van der Waals surface area (Å²) in [5.74, 6) is 0.531. The van der Waals surface area contributed by atoms with E-state index in [1.54, 1.807) is 12.3 Å². The van der Waals surface area contributed by atoms with Crippen molar-refractivity contribution in [2.24, 2.45) is 0 Å². The number of ether oxygens (including phenoxy) is 1. The largest absolute Gasteiger partial charge is 0.378 e. The van der Waals surface area contributed by atoms with Crippen molar-refractivity contribution in [2.75, 3.05) is 31.2 Å². The molecule has 0 unspecified atom stereocenters. The first-order valence-electron chi connectivity index (χ1n) is 7.05. The molecule has 0 aliphatic carbocycles. The molecule has 0 bridgehead atoms. The van der Waals surface area contributed by atoms with Crippen molar-refractivity contribution in [3.8, 4) is 0 Å². The van der Waals surface area contributed by atoms with E-state index in [4.69, 9.17) is 4.74 Å². The number of rotatable bonds is 5. The monoisotopic (exact) mass is 303 g/mol. The van der Waals surface area contributed by atoms with Gasteiger partial charge in [-0.25, -0.2) is 19.6 Å². The quantitative estimate of drug-likeness (QED) is 0.773. The van der Waals surface area contributed by atoms with Gasteiger partial charge < -0.3 is 15.0 Å². The van der Waals surface area contributed by atoms with Crippen molar-refractivity contribution in [2.45, 2.75) is 13.1 Å². The first-order valence-corrected chi connectivity index (χ1v) is 7.05. The molecule has 0 spiro atoms. The summed E-state index contributed by atoms with van der Waals surface area (Å²) in [4.78, 5) is 26.4. The molecule has 0 saturated carbocycles. The highest BCUT2D eigenvalue weighted by atomic mass is 16.5. The van der Waals surface area contributed by atoms with E-state index in [9.17, 15) is 4.79 Å². The molecular weight excluding hydrogens is 286 g/mol. The first-order chi connectivity index (χ1) is 10.8. The molecule has 1 saturated heterocycles. The van der Waals surface area contributed by atoms with Gasteiger partial charge in [0.2, 0.25) is 11.9 Å². The van der Waals surface area contributed by atoms with Crippen LogP contribution in [0.4, 0.5) is 5.95 Å². The van der Waals surface area contributed by atoms with E-state index in [-0.39, 0.29) is 12.5 Å². The summed E-state index contributed by atoms with van der Waals surface area (Å²) in [6, 6.07) is 1.79. The van der Waals surface area contributed by atoms with Crippen LogP contribution in [0, 0.1) is 0 Å². The van der Waals surface area contributed by atoms with Gasteiger partial charge in [-0.05, 0) is 6.07 Å². The van der Waals surface area contributed by atoms with Crippen LogP contribution < -0.4 is 10.2 Å². The van der Waals surface area contributed by atoms with Crippen LogP contribution in [0.25, 0.3) is 0 Å². The van der Waals surface area contributed by atoms with E-state index in [0.717, 1.165) is 18.8 Å². The summed E-state index contributed by atoms with van der Waals surface area (Å²) in [7, 11) is 0. The Bertz CT molecular complexity index is 611. The third-order valence-electron chi connectivity index (χ3n) is 3.23. The predicted molar refractivity (Wildman–Crippen MR) is 76.9 cm³/mol. The van der Waals surface area contributed by atoms with Gasteiger partial charge in [0.05, 0.1) is 25.5 Å². The van der Waals surface area contributed by atoms with Crippen molar-refractivity contribution < 1.29 is 9.53 Å². The van der Waals surface area contributed by atoms with Crippen LogP contribution in [0.2, 0.25) is 0 Å². The molecule has 9 heteroatoms. The number of morpholine rings is 1. The topological polar surface area (TPSA) is 98.1 Å². The van der Waals surface area contributed by atoms with E-state index in [1.165, 1.54) is 17.3 Å². The van der Waals surface area contributed by atoms with Crippen LogP contribution in [0.1, 0.15) is 5.69 Å². The van der Waals surface area contributed by atoms with Crippen molar-refractivity contribution >= 4 is 11.9 Å². The molecule has 1 aliphatic heterocycles. The number of aromatic nitrogens is 5. The molecule has 2 aromatic rings. The van der Waals surface area contributed by atoms with Gasteiger partial charge in [-0.1, -0.05) is 0 Å². The van der Waals surface area contributed by atoms with Gasteiger partial charge in [0.25, 0.3) is 0 Å². The molecule has 1 amide bonds. The number of anilines is 1. The number of nitrogens with zero attached hydrogens (tertiary/aromatic N) is 6. The molecule has 3 heterocycles. The Balaban J connectivity index is 1.54. The molecule has 116 valence electrons. The van der Waals surface area contributed by atoms with Crippen molar-refractivity contribution in [1.82, 2.24) is 30.0 Å². The van der Waals surface area contributed by atoms with E-state index >= 15 is 0 Å². The number of hydrogen-bond acceptors (Lipinski definition) is 7. The Labute approximate surface area is 127 Å². The van der Waals surface area contributed by atoms with Crippen molar-refractivity contribution in [3.63, 3.8) is 0 Å². The highest BCUT2D eigenvalue weighted by molar-refractivity contribution is 5.75. The zero-order chi connectivity index (χ0) is 15.2. The molecule has 1 N–H and O–H groups in total. The van der Waals surface area contributed by atoms with Gasteiger partial charge in [0, 0.05) is 19.3 Å². The maximum absolute atomic E-state index is 11.8. The number of amides is 1. The summed E-state index contributed by atoms with van der Waals surface area (Å²) in [5.41, 5.74) is 0.767. The van der Waals surface area contributed by atoms with Crippen LogP contribution in [-0.2, 0) is 22.6 Å². The molecule has 22 heavy (non-hydrogen) atoms. The maximum atomic E-state index is 11.8.